The summed E-state index contributed by atoms with van der Waals surface area (Å²) >= 11 is 12.6. The molecule has 0 bridgehead atoms. The Morgan fingerprint density at radius 2 is 1.61 bits per heavy atom. The minimum absolute atomic E-state index is 0.0256. The number of hydrogen-bond donors (Lipinski definition) is 2. The minimum Gasteiger partial charge on any atom is -0.343 e. The van der Waals surface area contributed by atoms with Crippen LogP contribution in [0.3, 0.4) is 0 Å². The highest BCUT2D eigenvalue weighted by Crippen LogP contribution is 2.35. The largest absolute Gasteiger partial charge is 0.343 e. The number of nitrogens with two attached hydrogens (primary N) is 1. The van der Waals surface area contributed by atoms with Crippen molar-refractivity contribution in [2.45, 2.75) is 56.1 Å². The van der Waals surface area contributed by atoms with E-state index in [9.17, 15) is 9.59 Å². The number of nitrogens with zero attached hydrogens (tertiary/aromatic N) is 2. The first-order chi connectivity index (χ1) is 19.8. The monoisotopic (exact) mass is 592 g/mol. The Morgan fingerprint density at radius 3 is 2.24 bits per heavy atom. The number of rotatable bonds is 9. The summed E-state index contributed by atoms with van der Waals surface area (Å²) in [7, 11) is 0. The Balaban J connectivity index is 1.38. The smallest absolute Gasteiger partial charge is 0.245 e. The van der Waals surface area contributed by atoms with E-state index >= 15 is 0 Å². The molecule has 0 radical (unpaired) electrons. The van der Waals surface area contributed by atoms with Crippen LogP contribution in [-0.4, -0.2) is 65.9 Å². The molecule has 6 nitrogen and oxygen atoms in total. The van der Waals surface area contributed by atoms with Gasteiger partial charge in [0.15, 0.2) is 0 Å². The number of amides is 2. The third kappa shape index (κ3) is 7.31. The van der Waals surface area contributed by atoms with E-state index in [2.05, 4.69) is 52.7 Å². The lowest BCUT2D eigenvalue weighted by Crippen LogP contribution is -2.55. The maximum Gasteiger partial charge on any atom is 0.245 e. The topological polar surface area (TPSA) is 78.7 Å². The molecule has 5 atom stereocenters. The van der Waals surface area contributed by atoms with Gasteiger partial charge in [0.25, 0.3) is 0 Å². The summed E-state index contributed by atoms with van der Waals surface area (Å²) < 4.78 is 0. The molecule has 8 heteroatoms. The van der Waals surface area contributed by atoms with Crippen LogP contribution in [0.15, 0.2) is 78.9 Å². The van der Waals surface area contributed by atoms with E-state index in [1.165, 1.54) is 11.1 Å². The van der Waals surface area contributed by atoms with Crippen molar-refractivity contribution in [2.75, 3.05) is 26.2 Å². The summed E-state index contributed by atoms with van der Waals surface area (Å²) in [6, 6.07) is 24.8. The second-order valence-corrected chi connectivity index (χ2v) is 12.3. The van der Waals surface area contributed by atoms with Crippen molar-refractivity contribution >= 4 is 35.0 Å². The zero-order valence-electron chi connectivity index (χ0n) is 23.4. The predicted octanol–water partition coefficient (Wildman–Crippen LogP) is 5.24. The minimum atomic E-state index is -0.792. The van der Waals surface area contributed by atoms with Gasteiger partial charge < -0.3 is 20.9 Å². The van der Waals surface area contributed by atoms with Crippen molar-refractivity contribution in [1.82, 2.24) is 15.1 Å². The molecule has 2 amide bonds. The van der Waals surface area contributed by atoms with Gasteiger partial charge in [-0.2, -0.15) is 0 Å². The van der Waals surface area contributed by atoms with Gasteiger partial charge in [-0.15, -0.1) is 0 Å². The number of likely N-dealkylation sites (tertiary alicyclic amines) is 2. The van der Waals surface area contributed by atoms with E-state index in [4.69, 9.17) is 28.9 Å². The average molecular weight is 594 g/mol. The lowest BCUT2D eigenvalue weighted by molar-refractivity contribution is -0.137. The van der Waals surface area contributed by atoms with Crippen LogP contribution in [0.2, 0.25) is 10.0 Å². The zero-order chi connectivity index (χ0) is 28.9. The Hall–Kier alpha value is -2.90. The van der Waals surface area contributed by atoms with Gasteiger partial charge in [-0.1, -0.05) is 89.9 Å². The second kappa shape index (κ2) is 13.4. The quantitative estimate of drug-likeness (QED) is 0.356. The summed E-state index contributed by atoms with van der Waals surface area (Å²) in [4.78, 5) is 31.5. The molecule has 2 aliphatic heterocycles. The Kier molecular flexibility index (Phi) is 9.66. The third-order valence-electron chi connectivity index (χ3n) is 8.45. The SMILES string of the molecule is CC(N)C(=O)NC(Cc1ccc(Cl)cc1Cl)C(=O)N1CC(c2ccccc2)CC1CN1CCC(c2ccccc2)C1. The Morgan fingerprint density at radius 1 is 0.951 bits per heavy atom. The summed E-state index contributed by atoms with van der Waals surface area (Å²) in [5.74, 6) is 0.250. The number of carbonyl (C=O) groups is 2. The van der Waals surface area contributed by atoms with Crippen LogP contribution in [-0.2, 0) is 16.0 Å². The van der Waals surface area contributed by atoms with E-state index < -0.39 is 12.1 Å². The van der Waals surface area contributed by atoms with Crippen LogP contribution in [0.1, 0.15) is 48.3 Å². The van der Waals surface area contributed by atoms with E-state index in [0.29, 0.717) is 22.5 Å². The highest BCUT2D eigenvalue weighted by atomic mass is 35.5. The van der Waals surface area contributed by atoms with Crippen molar-refractivity contribution in [3.63, 3.8) is 0 Å². The molecule has 3 N–H and O–H groups in total. The molecule has 2 heterocycles. The van der Waals surface area contributed by atoms with Crippen molar-refractivity contribution in [3.05, 3.63) is 106 Å². The van der Waals surface area contributed by atoms with Gasteiger partial charge >= 0.3 is 0 Å². The molecule has 2 saturated heterocycles. The molecule has 0 saturated carbocycles. The van der Waals surface area contributed by atoms with Crippen LogP contribution in [0.4, 0.5) is 0 Å². The molecule has 0 aromatic heterocycles. The number of benzene rings is 3. The fourth-order valence-electron chi connectivity index (χ4n) is 6.23. The molecule has 0 aliphatic carbocycles. The second-order valence-electron chi connectivity index (χ2n) is 11.4. The van der Waals surface area contributed by atoms with Gasteiger partial charge in [0.1, 0.15) is 6.04 Å². The Labute approximate surface area is 252 Å². The van der Waals surface area contributed by atoms with Gasteiger partial charge in [-0.05, 0) is 61.1 Å². The van der Waals surface area contributed by atoms with Gasteiger partial charge in [-0.25, -0.2) is 0 Å². The maximum absolute atomic E-state index is 14.3. The lowest BCUT2D eigenvalue weighted by Gasteiger charge is -2.32. The maximum atomic E-state index is 14.3. The fourth-order valence-corrected chi connectivity index (χ4v) is 6.72. The third-order valence-corrected chi connectivity index (χ3v) is 9.04. The first kappa shape index (κ1) is 29.6. The van der Waals surface area contributed by atoms with Crippen molar-refractivity contribution < 1.29 is 9.59 Å². The molecule has 5 rings (SSSR count). The predicted molar refractivity (Wildman–Crippen MR) is 165 cm³/mol. The van der Waals surface area contributed by atoms with E-state index in [0.717, 1.165) is 38.0 Å². The lowest BCUT2D eigenvalue weighted by atomic mass is 9.96. The van der Waals surface area contributed by atoms with Gasteiger partial charge in [0.05, 0.1) is 6.04 Å². The number of carbonyl (C=O) groups excluding carboxylic acids is 2. The first-order valence-electron chi connectivity index (χ1n) is 14.4. The van der Waals surface area contributed by atoms with Crippen LogP contribution in [0.5, 0.6) is 0 Å². The van der Waals surface area contributed by atoms with Crippen molar-refractivity contribution in [2.24, 2.45) is 5.73 Å². The standard InChI is InChI=1S/C33H38Cl2N4O2/c1-22(36)32(40)37-31(17-25-12-13-28(34)18-30(25)35)33(41)39-20-27(24-10-6-3-7-11-24)16-29(39)21-38-15-14-26(19-38)23-8-4-2-5-9-23/h2-13,18,22,26-27,29,31H,14-17,19-21,36H2,1H3,(H,37,40). The van der Waals surface area contributed by atoms with Crippen LogP contribution in [0.25, 0.3) is 0 Å². The summed E-state index contributed by atoms with van der Waals surface area (Å²) in [6.07, 6.45) is 2.24. The summed E-state index contributed by atoms with van der Waals surface area (Å²) in [5.41, 5.74) is 9.24. The fraction of sp³-hybridized carbons (Fsp3) is 0.394. The molecule has 216 valence electrons. The molecule has 0 spiro atoms. The van der Waals surface area contributed by atoms with Crippen LogP contribution >= 0.6 is 23.2 Å². The number of hydrogen-bond acceptors (Lipinski definition) is 4. The van der Waals surface area contributed by atoms with E-state index in [1.807, 2.05) is 29.2 Å². The highest BCUT2D eigenvalue weighted by molar-refractivity contribution is 6.35. The van der Waals surface area contributed by atoms with Crippen LogP contribution in [0, 0.1) is 0 Å². The molecular weight excluding hydrogens is 555 g/mol. The highest BCUT2D eigenvalue weighted by Gasteiger charge is 2.40. The van der Waals surface area contributed by atoms with E-state index in [1.54, 1.807) is 19.1 Å². The zero-order valence-corrected chi connectivity index (χ0v) is 24.9. The molecule has 5 unspecified atom stereocenters. The van der Waals surface area contributed by atoms with Gasteiger partial charge in [-0.3, -0.25) is 9.59 Å². The van der Waals surface area contributed by atoms with Gasteiger partial charge in [0.2, 0.25) is 11.8 Å². The first-order valence-corrected chi connectivity index (χ1v) is 15.2. The average Bonchev–Trinajstić information content (AvgIpc) is 3.62. The van der Waals surface area contributed by atoms with E-state index in [-0.39, 0.29) is 30.2 Å². The molecule has 3 aromatic carbocycles. The molecule has 2 aliphatic rings. The summed E-state index contributed by atoms with van der Waals surface area (Å²) in [6.45, 7) is 4.99. The van der Waals surface area contributed by atoms with Crippen molar-refractivity contribution in [3.8, 4) is 0 Å². The van der Waals surface area contributed by atoms with Gasteiger partial charge in [0, 0.05) is 48.1 Å². The molecular formula is C33H38Cl2N4O2. The molecule has 2 fully saturated rings. The number of halogens is 2. The summed E-state index contributed by atoms with van der Waals surface area (Å²) in [5, 5.41) is 3.91. The molecule has 3 aromatic rings. The van der Waals surface area contributed by atoms with Crippen molar-refractivity contribution in [1.29, 1.82) is 0 Å². The normalized spacial score (nSPS) is 22.4. The van der Waals surface area contributed by atoms with Crippen LogP contribution < -0.4 is 11.1 Å². The number of nitrogens with one attached hydrogen (secondary N) is 1. The Bertz CT molecular complexity index is 1340. The molecule has 41 heavy (non-hydrogen) atoms.